The third kappa shape index (κ3) is 4.81. The molecule has 2 N–H and O–H groups in total. The van der Waals surface area contributed by atoms with Crippen molar-refractivity contribution in [2.45, 2.75) is 18.2 Å². The zero-order valence-corrected chi connectivity index (χ0v) is 12.2. The highest BCUT2D eigenvalue weighted by molar-refractivity contribution is 7.91. The number of anilines is 1. The molecule has 5 nitrogen and oxygen atoms in total. The van der Waals surface area contributed by atoms with E-state index >= 15 is 0 Å². The molecule has 0 aliphatic carbocycles. The molecule has 6 heteroatoms. The highest BCUT2D eigenvalue weighted by atomic mass is 32.2. The summed E-state index contributed by atoms with van der Waals surface area (Å²) in [5.41, 5.74) is 6.84. The van der Waals surface area contributed by atoms with Gasteiger partial charge in [-0.2, -0.15) is 0 Å². The molecular formula is C13H21NO4S. The van der Waals surface area contributed by atoms with Crippen molar-refractivity contribution in [2.75, 3.05) is 38.4 Å². The first kappa shape index (κ1) is 15.9. The van der Waals surface area contributed by atoms with Crippen LogP contribution >= 0.6 is 0 Å². The second kappa shape index (κ2) is 7.47. The van der Waals surface area contributed by atoms with Crippen molar-refractivity contribution in [2.24, 2.45) is 0 Å². The molecule has 0 aliphatic heterocycles. The summed E-state index contributed by atoms with van der Waals surface area (Å²) >= 11 is 0. The highest BCUT2D eigenvalue weighted by Gasteiger charge is 2.17. The zero-order chi connectivity index (χ0) is 14.3. The zero-order valence-electron chi connectivity index (χ0n) is 11.4. The molecule has 0 fully saturated rings. The number of nitrogen functional groups attached to an aromatic ring is 1. The van der Waals surface area contributed by atoms with E-state index in [1.54, 1.807) is 32.2 Å². The summed E-state index contributed by atoms with van der Waals surface area (Å²) in [5, 5.41) is 0. The fourth-order valence-corrected chi connectivity index (χ4v) is 3.26. The molecule has 0 atom stereocenters. The standard InChI is InChI=1S/C13H21NO4S/c1-11-12(14)5-3-6-13(11)19(15,16)10-4-7-18-9-8-17-2/h3,5-6H,4,7-10,14H2,1-2H3. The number of ether oxygens (including phenoxy) is 2. The summed E-state index contributed by atoms with van der Waals surface area (Å²) in [5.74, 6) is 0.0598. The molecule has 19 heavy (non-hydrogen) atoms. The summed E-state index contributed by atoms with van der Waals surface area (Å²) in [6, 6.07) is 4.94. The minimum absolute atomic E-state index is 0.0598. The van der Waals surface area contributed by atoms with Crippen molar-refractivity contribution in [3.63, 3.8) is 0 Å². The second-order valence-electron chi connectivity index (χ2n) is 4.25. The van der Waals surface area contributed by atoms with Crippen molar-refractivity contribution in [3.8, 4) is 0 Å². The molecule has 0 saturated heterocycles. The average Bonchev–Trinajstić information content (AvgIpc) is 2.36. The quantitative estimate of drug-likeness (QED) is 0.577. The lowest BCUT2D eigenvalue weighted by molar-refractivity contribution is 0.0712. The van der Waals surface area contributed by atoms with Gasteiger partial charge in [0.1, 0.15) is 0 Å². The van der Waals surface area contributed by atoms with E-state index in [2.05, 4.69) is 0 Å². The molecule has 1 rings (SSSR count). The van der Waals surface area contributed by atoms with Crippen molar-refractivity contribution in [3.05, 3.63) is 23.8 Å². The summed E-state index contributed by atoms with van der Waals surface area (Å²) < 4.78 is 34.4. The van der Waals surface area contributed by atoms with Gasteiger partial charge in [0.25, 0.3) is 0 Å². The van der Waals surface area contributed by atoms with Gasteiger partial charge in [0.15, 0.2) is 9.84 Å². The SMILES string of the molecule is COCCOCCCS(=O)(=O)c1cccc(N)c1C. The van der Waals surface area contributed by atoms with Crippen LogP contribution in [0.5, 0.6) is 0 Å². The van der Waals surface area contributed by atoms with Crippen molar-refractivity contribution >= 4 is 15.5 Å². The number of methoxy groups -OCH3 is 1. The lowest BCUT2D eigenvalue weighted by Crippen LogP contribution is -2.12. The first-order valence-corrected chi connectivity index (χ1v) is 7.79. The Morgan fingerprint density at radius 1 is 1.21 bits per heavy atom. The Hall–Kier alpha value is -1.11. The number of nitrogens with two attached hydrogens (primary N) is 1. The molecule has 108 valence electrons. The Kier molecular flexibility index (Phi) is 6.27. The van der Waals surface area contributed by atoms with Crippen molar-refractivity contribution in [1.82, 2.24) is 0 Å². The van der Waals surface area contributed by atoms with E-state index in [-0.39, 0.29) is 5.75 Å². The van der Waals surface area contributed by atoms with Gasteiger partial charge in [0, 0.05) is 19.4 Å². The minimum Gasteiger partial charge on any atom is -0.398 e. The third-order valence-corrected chi connectivity index (χ3v) is 4.73. The van der Waals surface area contributed by atoms with E-state index in [9.17, 15) is 8.42 Å². The molecule has 0 aliphatic rings. The van der Waals surface area contributed by atoms with Gasteiger partial charge in [-0.25, -0.2) is 8.42 Å². The van der Waals surface area contributed by atoms with Gasteiger partial charge in [0.2, 0.25) is 0 Å². The van der Waals surface area contributed by atoms with E-state index in [0.717, 1.165) is 0 Å². The van der Waals surface area contributed by atoms with Crippen LogP contribution in [0.4, 0.5) is 5.69 Å². The van der Waals surface area contributed by atoms with E-state index in [4.69, 9.17) is 15.2 Å². The smallest absolute Gasteiger partial charge is 0.178 e. The minimum atomic E-state index is -3.30. The first-order valence-electron chi connectivity index (χ1n) is 6.13. The van der Waals surface area contributed by atoms with E-state index in [0.29, 0.717) is 42.4 Å². The maximum atomic E-state index is 12.2. The van der Waals surface area contributed by atoms with Crippen LogP contribution in [0.3, 0.4) is 0 Å². The lowest BCUT2D eigenvalue weighted by Gasteiger charge is -2.09. The average molecular weight is 287 g/mol. The molecule has 1 aromatic rings. The van der Waals surface area contributed by atoms with Gasteiger partial charge in [-0.3, -0.25) is 0 Å². The Bertz CT molecular complexity index is 499. The van der Waals surface area contributed by atoms with E-state index < -0.39 is 9.84 Å². The Morgan fingerprint density at radius 3 is 2.63 bits per heavy atom. The molecule has 0 heterocycles. The topological polar surface area (TPSA) is 78.6 Å². The van der Waals surface area contributed by atoms with Crippen LogP contribution in [0, 0.1) is 6.92 Å². The monoisotopic (exact) mass is 287 g/mol. The van der Waals surface area contributed by atoms with Gasteiger partial charge in [-0.05, 0) is 31.0 Å². The maximum Gasteiger partial charge on any atom is 0.178 e. The van der Waals surface area contributed by atoms with E-state index in [1.807, 2.05) is 0 Å². The lowest BCUT2D eigenvalue weighted by atomic mass is 10.2. The number of hydrogen-bond acceptors (Lipinski definition) is 5. The van der Waals surface area contributed by atoms with Gasteiger partial charge in [0.05, 0.1) is 23.9 Å². The molecule has 1 aromatic carbocycles. The molecule has 0 spiro atoms. The van der Waals surface area contributed by atoms with Gasteiger partial charge in [-0.15, -0.1) is 0 Å². The normalized spacial score (nSPS) is 11.7. The summed E-state index contributed by atoms with van der Waals surface area (Å²) in [4.78, 5) is 0.310. The predicted molar refractivity (Wildman–Crippen MR) is 75.0 cm³/mol. The third-order valence-electron chi connectivity index (χ3n) is 2.79. The molecule has 0 aromatic heterocycles. The highest BCUT2D eigenvalue weighted by Crippen LogP contribution is 2.21. The molecule has 0 saturated carbocycles. The first-order chi connectivity index (χ1) is 8.99. The number of hydrogen-bond donors (Lipinski definition) is 1. The van der Waals surface area contributed by atoms with Crippen LogP contribution in [-0.4, -0.2) is 41.1 Å². The fraction of sp³-hybridized carbons (Fsp3) is 0.538. The molecular weight excluding hydrogens is 266 g/mol. The van der Waals surface area contributed by atoms with Crippen LogP contribution < -0.4 is 5.73 Å². The van der Waals surface area contributed by atoms with Gasteiger partial charge in [-0.1, -0.05) is 6.07 Å². The van der Waals surface area contributed by atoms with Crippen molar-refractivity contribution < 1.29 is 17.9 Å². The number of sulfone groups is 1. The van der Waals surface area contributed by atoms with Crippen LogP contribution in [0.1, 0.15) is 12.0 Å². The van der Waals surface area contributed by atoms with Gasteiger partial charge >= 0.3 is 0 Å². The predicted octanol–water partition coefficient (Wildman–Crippen LogP) is 1.40. The number of rotatable bonds is 8. The molecule has 0 unspecified atom stereocenters. The number of benzene rings is 1. The van der Waals surface area contributed by atoms with Gasteiger partial charge < -0.3 is 15.2 Å². The summed E-state index contributed by atoms with van der Waals surface area (Å²) in [7, 11) is -1.70. The van der Waals surface area contributed by atoms with Crippen LogP contribution in [0.25, 0.3) is 0 Å². The second-order valence-corrected chi connectivity index (χ2v) is 6.33. The Balaban J connectivity index is 2.54. The Morgan fingerprint density at radius 2 is 1.95 bits per heavy atom. The maximum absolute atomic E-state index is 12.2. The summed E-state index contributed by atoms with van der Waals surface area (Å²) in [6.07, 6.45) is 0.459. The van der Waals surface area contributed by atoms with Crippen molar-refractivity contribution in [1.29, 1.82) is 0 Å². The fourth-order valence-electron chi connectivity index (χ4n) is 1.67. The molecule has 0 bridgehead atoms. The Labute approximate surface area is 114 Å². The van der Waals surface area contributed by atoms with Crippen LogP contribution in [-0.2, 0) is 19.3 Å². The van der Waals surface area contributed by atoms with Crippen LogP contribution in [0.2, 0.25) is 0 Å². The van der Waals surface area contributed by atoms with Crippen LogP contribution in [0.15, 0.2) is 23.1 Å². The largest absolute Gasteiger partial charge is 0.398 e. The summed E-state index contributed by atoms with van der Waals surface area (Å²) in [6.45, 7) is 3.12. The molecule has 0 amide bonds. The molecule has 0 radical (unpaired) electrons. The van der Waals surface area contributed by atoms with E-state index in [1.165, 1.54) is 0 Å².